The molecule has 1 unspecified atom stereocenters. The number of halogens is 5. The van der Waals surface area contributed by atoms with Gasteiger partial charge < -0.3 is 15.5 Å². The van der Waals surface area contributed by atoms with Crippen molar-refractivity contribution in [2.45, 2.75) is 18.6 Å². The minimum atomic E-state index is -4.34. The third kappa shape index (κ3) is 7.18. The minimum absolute atomic E-state index is 0. The molecule has 2 heterocycles. The molecule has 3 rings (SSSR count). The SMILES string of the molecule is CN=C(NCC#Cc1ccc(C(F)(F)F)cc1)NC1CCN(c2ncccc2Cl)C1.I. The summed E-state index contributed by atoms with van der Waals surface area (Å²) in [6, 6.07) is 8.57. The predicted molar refractivity (Wildman–Crippen MR) is 128 cm³/mol. The normalized spacial score (nSPS) is 16.2. The molecule has 0 amide bonds. The van der Waals surface area contributed by atoms with Gasteiger partial charge in [0.25, 0.3) is 0 Å². The van der Waals surface area contributed by atoms with Gasteiger partial charge in [0.1, 0.15) is 5.82 Å². The van der Waals surface area contributed by atoms with E-state index in [1.54, 1.807) is 19.3 Å². The molecule has 5 nitrogen and oxygen atoms in total. The lowest BCUT2D eigenvalue weighted by Crippen LogP contribution is -2.44. The van der Waals surface area contributed by atoms with Crippen LogP contribution in [0.25, 0.3) is 0 Å². The van der Waals surface area contributed by atoms with Crippen molar-refractivity contribution in [3.63, 3.8) is 0 Å². The van der Waals surface area contributed by atoms with Gasteiger partial charge >= 0.3 is 6.18 Å². The highest BCUT2D eigenvalue weighted by atomic mass is 127. The van der Waals surface area contributed by atoms with Crippen LogP contribution in [0.2, 0.25) is 5.02 Å². The Morgan fingerprint density at radius 2 is 2.03 bits per heavy atom. The zero-order valence-electron chi connectivity index (χ0n) is 16.7. The lowest BCUT2D eigenvalue weighted by molar-refractivity contribution is -0.137. The number of nitrogens with zero attached hydrogens (tertiary/aromatic N) is 3. The monoisotopic (exact) mass is 563 g/mol. The van der Waals surface area contributed by atoms with E-state index in [9.17, 15) is 13.2 Å². The number of anilines is 1. The van der Waals surface area contributed by atoms with Crippen LogP contribution in [0.4, 0.5) is 19.0 Å². The van der Waals surface area contributed by atoms with Crippen molar-refractivity contribution in [2.75, 3.05) is 31.6 Å². The Bertz CT molecular complexity index is 954. The summed E-state index contributed by atoms with van der Waals surface area (Å²) >= 11 is 6.22. The van der Waals surface area contributed by atoms with Crippen molar-refractivity contribution < 1.29 is 13.2 Å². The van der Waals surface area contributed by atoms with Crippen LogP contribution in [0.15, 0.2) is 47.6 Å². The Morgan fingerprint density at radius 3 is 2.68 bits per heavy atom. The molecule has 166 valence electrons. The second-order valence-corrected chi connectivity index (χ2v) is 7.09. The van der Waals surface area contributed by atoms with Crippen LogP contribution < -0.4 is 15.5 Å². The third-order valence-corrected chi connectivity index (χ3v) is 4.88. The lowest BCUT2D eigenvalue weighted by atomic mass is 10.1. The molecule has 1 fully saturated rings. The first kappa shape index (κ1) is 25.1. The first-order valence-corrected chi connectivity index (χ1v) is 9.73. The number of nitrogens with one attached hydrogen (secondary N) is 2. The van der Waals surface area contributed by atoms with Gasteiger partial charge in [-0.05, 0) is 42.8 Å². The predicted octanol–water partition coefficient (Wildman–Crippen LogP) is 4.17. The van der Waals surface area contributed by atoms with Gasteiger partial charge in [-0.15, -0.1) is 24.0 Å². The average Bonchev–Trinajstić information content (AvgIpc) is 3.18. The molecule has 0 bridgehead atoms. The zero-order valence-corrected chi connectivity index (χ0v) is 19.8. The van der Waals surface area contributed by atoms with E-state index in [1.165, 1.54) is 12.1 Å². The lowest BCUT2D eigenvalue weighted by Gasteiger charge is -2.20. The molecule has 0 saturated carbocycles. The third-order valence-electron chi connectivity index (χ3n) is 4.58. The maximum absolute atomic E-state index is 12.6. The molecule has 1 atom stereocenters. The summed E-state index contributed by atoms with van der Waals surface area (Å²) in [5, 5.41) is 7.06. The van der Waals surface area contributed by atoms with E-state index in [1.807, 2.05) is 6.07 Å². The maximum atomic E-state index is 12.6. The van der Waals surface area contributed by atoms with Gasteiger partial charge in [0.15, 0.2) is 5.96 Å². The molecule has 0 radical (unpaired) electrons. The van der Waals surface area contributed by atoms with Crippen molar-refractivity contribution in [1.82, 2.24) is 15.6 Å². The van der Waals surface area contributed by atoms with Gasteiger partial charge in [-0.1, -0.05) is 23.4 Å². The molecule has 1 aliphatic heterocycles. The molecular formula is C21H22ClF3IN5. The summed E-state index contributed by atoms with van der Waals surface area (Å²) in [5.74, 6) is 7.11. The Labute approximate surface area is 201 Å². The molecule has 0 aliphatic carbocycles. The van der Waals surface area contributed by atoms with Crippen LogP contribution in [0, 0.1) is 11.8 Å². The number of pyridine rings is 1. The van der Waals surface area contributed by atoms with Gasteiger partial charge in [-0.2, -0.15) is 13.2 Å². The fourth-order valence-corrected chi connectivity index (χ4v) is 3.33. The van der Waals surface area contributed by atoms with E-state index >= 15 is 0 Å². The number of guanidine groups is 1. The zero-order chi connectivity index (χ0) is 21.6. The van der Waals surface area contributed by atoms with Gasteiger partial charge in [0.05, 0.1) is 17.1 Å². The summed E-state index contributed by atoms with van der Waals surface area (Å²) in [4.78, 5) is 10.7. The second-order valence-electron chi connectivity index (χ2n) is 6.69. The van der Waals surface area contributed by atoms with Crippen LogP contribution in [-0.2, 0) is 6.18 Å². The Morgan fingerprint density at radius 1 is 1.29 bits per heavy atom. The van der Waals surface area contributed by atoms with Gasteiger partial charge in [0, 0.05) is 37.9 Å². The maximum Gasteiger partial charge on any atom is 0.416 e. The average molecular weight is 564 g/mol. The second kappa shape index (κ2) is 11.4. The van der Waals surface area contributed by atoms with Crippen LogP contribution in [0.5, 0.6) is 0 Å². The van der Waals surface area contributed by atoms with Crippen LogP contribution in [0.3, 0.4) is 0 Å². The van der Waals surface area contributed by atoms with Gasteiger partial charge in [-0.3, -0.25) is 4.99 Å². The fourth-order valence-electron chi connectivity index (χ4n) is 3.09. The topological polar surface area (TPSA) is 52.6 Å². The molecule has 1 aromatic carbocycles. The molecule has 10 heteroatoms. The van der Waals surface area contributed by atoms with Crippen molar-refractivity contribution in [3.05, 3.63) is 58.7 Å². The summed E-state index contributed by atoms with van der Waals surface area (Å²) in [5.41, 5.74) is -0.167. The summed E-state index contributed by atoms with van der Waals surface area (Å²) in [6.07, 6.45) is -1.72. The van der Waals surface area contributed by atoms with E-state index in [-0.39, 0.29) is 30.0 Å². The van der Waals surface area contributed by atoms with Crippen LogP contribution >= 0.6 is 35.6 Å². The Balaban J connectivity index is 0.00000341. The molecule has 0 spiro atoms. The van der Waals surface area contributed by atoms with Gasteiger partial charge in [-0.25, -0.2) is 4.98 Å². The number of rotatable bonds is 3. The highest BCUT2D eigenvalue weighted by Crippen LogP contribution is 2.29. The fraction of sp³-hybridized carbons (Fsp3) is 0.333. The van der Waals surface area contributed by atoms with E-state index in [2.05, 4.69) is 37.4 Å². The number of hydrogen-bond donors (Lipinski definition) is 2. The largest absolute Gasteiger partial charge is 0.416 e. The van der Waals surface area contributed by atoms with Gasteiger partial charge in [0.2, 0.25) is 0 Å². The number of benzene rings is 1. The highest BCUT2D eigenvalue weighted by molar-refractivity contribution is 14.0. The Hall–Kier alpha value is -2.19. The standard InChI is InChI=1S/C21H21ClF3N5.HI/c1-26-20(28-12-2-4-15-6-8-16(9-7-15)21(23,24)25)29-17-10-13-30(14-17)19-18(22)5-3-11-27-19;/h3,5-9,11,17H,10,12-14H2,1H3,(H2,26,28,29);1H. The van der Waals surface area contributed by atoms with E-state index in [0.717, 1.165) is 37.5 Å². The van der Waals surface area contributed by atoms with Crippen LogP contribution in [0.1, 0.15) is 17.5 Å². The summed E-state index contributed by atoms with van der Waals surface area (Å²) < 4.78 is 37.7. The summed E-state index contributed by atoms with van der Waals surface area (Å²) in [6.45, 7) is 1.89. The number of aliphatic imine (C=N–C) groups is 1. The first-order chi connectivity index (χ1) is 14.4. The van der Waals surface area contributed by atoms with Crippen molar-refractivity contribution in [2.24, 2.45) is 4.99 Å². The van der Waals surface area contributed by atoms with Crippen molar-refractivity contribution in [3.8, 4) is 11.8 Å². The first-order valence-electron chi connectivity index (χ1n) is 9.35. The minimum Gasteiger partial charge on any atom is -0.353 e. The van der Waals surface area contributed by atoms with Crippen molar-refractivity contribution in [1.29, 1.82) is 0 Å². The van der Waals surface area contributed by atoms with Crippen molar-refractivity contribution >= 4 is 47.4 Å². The smallest absolute Gasteiger partial charge is 0.353 e. The Kier molecular flexibility index (Phi) is 9.25. The van der Waals surface area contributed by atoms with E-state index in [4.69, 9.17) is 11.6 Å². The summed E-state index contributed by atoms with van der Waals surface area (Å²) in [7, 11) is 1.67. The van der Waals surface area contributed by atoms with E-state index in [0.29, 0.717) is 23.1 Å². The number of aromatic nitrogens is 1. The molecular weight excluding hydrogens is 542 g/mol. The molecule has 31 heavy (non-hydrogen) atoms. The molecule has 1 aromatic heterocycles. The van der Waals surface area contributed by atoms with E-state index < -0.39 is 11.7 Å². The van der Waals surface area contributed by atoms with Crippen LogP contribution in [-0.4, -0.2) is 43.7 Å². The quantitative estimate of drug-likeness (QED) is 0.255. The highest BCUT2D eigenvalue weighted by Gasteiger charge is 2.29. The molecule has 2 aromatic rings. The molecule has 2 N–H and O–H groups in total. The molecule has 1 saturated heterocycles. The number of alkyl halides is 3. The molecule has 1 aliphatic rings. The number of hydrogen-bond acceptors (Lipinski definition) is 3.